The van der Waals surface area contributed by atoms with Gasteiger partial charge in [-0.15, -0.1) is 0 Å². The van der Waals surface area contributed by atoms with Gasteiger partial charge < -0.3 is 14.2 Å². The van der Waals surface area contributed by atoms with Crippen LogP contribution in [0, 0.1) is 0 Å². The van der Waals surface area contributed by atoms with Gasteiger partial charge in [-0.25, -0.2) is 0 Å². The number of unbranched alkanes of at least 4 members (excludes halogenated alkanes) is 23. The first-order valence-electron chi connectivity index (χ1n) is 21.3. The van der Waals surface area contributed by atoms with E-state index in [0.29, 0.717) is 19.3 Å². The zero-order chi connectivity index (χ0) is 36.6. The Labute approximate surface area is 309 Å². The van der Waals surface area contributed by atoms with Gasteiger partial charge in [0.25, 0.3) is 0 Å². The summed E-state index contributed by atoms with van der Waals surface area (Å²) in [5.41, 5.74) is 0. The minimum absolute atomic E-state index is 0.0737. The van der Waals surface area contributed by atoms with E-state index in [-0.39, 0.29) is 31.1 Å². The molecule has 0 aromatic heterocycles. The Morgan fingerprint density at radius 2 is 0.740 bits per heavy atom. The van der Waals surface area contributed by atoms with Gasteiger partial charge in [-0.1, -0.05) is 180 Å². The average molecular weight is 705 g/mol. The maximum Gasteiger partial charge on any atom is 0.306 e. The van der Waals surface area contributed by atoms with Gasteiger partial charge in [0.2, 0.25) is 0 Å². The van der Waals surface area contributed by atoms with Crippen molar-refractivity contribution in [2.75, 3.05) is 13.2 Å². The summed E-state index contributed by atoms with van der Waals surface area (Å²) < 4.78 is 16.6. The molecule has 0 rings (SSSR count). The average Bonchev–Trinajstić information content (AvgIpc) is 3.11. The third-order valence-electron chi connectivity index (χ3n) is 9.21. The fourth-order valence-corrected chi connectivity index (χ4v) is 5.93. The van der Waals surface area contributed by atoms with Crippen LogP contribution in [0.3, 0.4) is 0 Å². The summed E-state index contributed by atoms with van der Waals surface area (Å²) in [6.07, 6.45) is 41.7. The highest BCUT2D eigenvalue weighted by Crippen LogP contribution is 2.14. The second-order valence-corrected chi connectivity index (χ2v) is 14.3. The van der Waals surface area contributed by atoms with Gasteiger partial charge in [0.05, 0.1) is 0 Å². The lowest BCUT2D eigenvalue weighted by Crippen LogP contribution is -2.30. The minimum atomic E-state index is -0.767. The lowest BCUT2D eigenvalue weighted by molar-refractivity contribution is -0.167. The standard InChI is InChI=1S/C44H80O6/c1-4-7-10-13-16-18-20-22-23-25-26-28-31-34-37-43(46)49-40-41(39-48-42(45)36-33-30-15-12-9-6-3)50-44(47)38-35-32-29-27-24-21-19-17-14-11-8-5-2/h13,16,20,22,41H,4-12,14-15,17-19,21,23-40H2,1-3H3/b16-13-,22-20-. The molecule has 0 bridgehead atoms. The number of rotatable bonds is 38. The maximum atomic E-state index is 12.6. The van der Waals surface area contributed by atoms with E-state index in [9.17, 15) is 14.4 Å². The summed E-state index contributed by atoms with van der Waals surface area (Å²) in [5.74, 6) is -0.896. The van der Waals surface area contributed by atoms with E-state index in [2.05, 4.69) is 45.1 Å². The lowest BCUT2D eigenvalue weighted by Gasteiger charge is -2.18. The summed E-state index contributed by atoms with van der Waals surface area (Å²) in [6, 6.07) is 0. The Hall–Kier alpha value is -2.11. The summed E-state index contributed by atoms with van der Waals surface area (Å²) in [6.45, 7) is 6.51. The molecule has 1 unspecified atom stereocenters. The van der Waals surface area contributed by atoms with E-state index in [1.54, 1.807) is 0 Å². The minimum Gasteiger partial charge on any atom is -0.462 e. The number of esters is 3. The Bertz CT molecular complexity index is 819. The Balaban J connectivity index is 4.30. The first-order valence-corrected chi connectivity index (χ1v) is 21.3. The molecule has 1 atom stereocenters. The van der Waals surface area contributed by atoms with Crippen LogP contribution in [0.25, 0.3) is 0 Å². The molecule has 0 aliphatic rings. The lowest BCUT2D eigenvalue weighted by atomic mass is 10.0. The van der Waals surface area contributed by atoms with Gasteiger partial charge in [-0.05, 0) is 44.9 Å². The molecule has 0 aliphatic heterocycles. The molecule has 6 nitrogen and oxygen atoms in total. The number of carbonyl (C=O) groups is 3. The molecule has 292 valence electrons. The monoisotopic (exact) mass is 705 g/mol. The van der Waals surface area contributed by atoms with Crippen molar-refractivity contribution in [3.8, 4) is 0 Å². The maximum absolute atomic E-state index is 12.6. The Morgan fingerprint density at radius 3 is 1.16 bits per heavy atom. The van der Waals surface area contributed by atoms with Gasteiger partial charge in [0, 0.05) is 19.3 Å². The van der Waals surface area contributed by atoms with Crippen molar-refractivity contribution in [1.82, 2.24) is 0 Å². The van der Waals surface area contributed by atoms with Crippen LogP contribution < -0.4 is 0 Å². The molecule has 0 radical (unpaired) electrons. The molecular weight excluding hydrogens is 624 g/mol. The highest BCUT2D eigenvalue weighted by Gasteiger charge is 2.19. The van der Waals surface area contributed by atoms with E-state index in [1.807, 2.05) is 0 Å². The van der Waals surface area contributed by atoms with Crippen LogP contribution in [0.1, 0.15) is 220 Å². The summed E-state index contributed by atoms with van der Waals surface area (Å²) in [4.78, 5) is 37.4. The Kier molecular flexibility index (Phi) is 38.0. The Morgan fingerprint density at radius 1 is 0.400 bits per heavy atom. The number of hydrogen-bond donors (Lipinski definition) is 0. The molecule has 0 amide bonds. The van der Waals surface area contributed by atoms with Crippen molar-refractivity contribution >= 4 is 17.9 Å². The molecule has 50 heavy (non-hydrogen) atoms. The molecule has 0 spiro atoms. The smallest absolute Gasteiger partial charge is 0.306 e. The van der Waals surface area contributed by atoms with Crippen LogP contribution >= 0.6 is 0 Å². The predicted octanol–water partition coefficient (Wildman–Crippen LogP) is 13.2. The van der Waals surface area contributed by atoms with Gasteiger partial charge in [0.15, 0.2) is 6.10 Å². The number of carbonyl (C=O) groups excluding carboxylic acids is 3. The molecule has 0 saturated heterocycles. The van der Waals surface area contributed by atoms with E-state index >= 15 is 0 Å². The van der Waals surface area contributed by atoms with Gasteiger partial charge >= 0.3 is 17.9 Å². The van der Waals surface area contributed by atoms with Crippen LogP contribution in [0.5, 0.6) is 0 Å². The van der Waals surface area contributed by atoms with Crippen molar-refractivity contribution in [2.45, 2.75) is 226 Å². The number of allylic oxidation sites excluding steroid dienone is 4. The van der Waals surface area contributed by atoms with Crippen LogP contribution in [0.4, 0.5) is 0 Å². The SMILES string of the molecule is CCCC/C=C\C/C=C\CCCCCCCC(=O)OCC(COC(=O)CCCCCCCC)OC(=O)CCCCCCCCCCCCCC. The molecule has 6 heteroatoms. The van der Waals surface area contributed by atoms with Crippen molar-refractivity contribution in [2.24, 2.45) is 0 Å². The van der Waals surface area contributed by atoms with Gasteiger partial charge in [0.1, 0.15) is 13.2 Å². The molecule has 0 fully saturated rings. The molecule has 0 saturated carbocycles. The van der Waals surface area contributed by atoms with E-state index in [1.165, 1.54) is 103 Å². The van der Waals surface area contributed by atoms with Gasteiger partial charge in [-0.3, -0.25) is 14.4 Å². The van der Waals surface area contributed by atoms with Crippen molar-refractivity contribution in [3.05, 3.63) is 24.3 Å². The zero-order valence-corrected chi connectivity index (χ0v) is 33.2. The third-order valence-corrected chi connectivity index (χ3v) is 9.21. The topological polar surface area (TPSA) is 78.9 Å². The highest BCUT2D eigenvalue weighted by molar-refractivity contribution is 5.71. The molecule has 0 N–H and O–H groups in total. The first-order chi connectivity index (χ1) is 24.5. The van der Waals surface area contributed by atoms with E-state index in [4.69, 9.17) is 14.2 Å². The second kappa shape index (κ2) is 39.7. The van der Waals surface area contributed by atoms with Crippen molar-refractivity contribution in [3.63, 3.8) is 0 Å². The van der Waals surface area contributed by atoms with Crippen LogP contribution in [0.15, 0.2) is 24.3 Å². The second-order valence-electron chi connectivity index (χ2n) is 14.3. The van der Waals surface area contributed by atoms with Crippen LogP contribution in [0.2, 0.25) is 0 Å². The quantitative estimate of drug-likeness (QED) is 0.0275. The number of hydrogen-bond acceptors (Lipinski definition) is 6. The molecule has 0 aliphatic carbocycles. The zero-order valence-electron chi connectivity index (χ0n) is 33.2. The third kappa shape index (κ3) is 37.2. The predicted molar refractivity (Wildman–Crippen MR) is 210 cm³/mol. The van der Waals surface area contributed by atoms with Crippen molar-refractivity contribution < 1.29 is 28.6 Å². The van der Waals surface area contributed by atoms with E-state index < -0.39 is 6.10 Å². The fourth-order valence-electron chi connectivity index (χ4n) is 5.93. The molecular formula is C44H80O6. The first kappa shape index (κ1) is 47.9. The molecule has 0 aromatic carbocycles. The van der Waals surface area contributed by atoms with Crippen LogP contribution in [-0.4, -0.2) is 37.2 Å². The largest absolute Gasteiger partial charge is 0.462 e. The van der Waals surface area contributed by atoms with Crippen molar-refractivity contribution in [1.29, 1.82) is 0 Å². The molecule has 0 aromatic rings. The van der Waals surface area contributed by atoms with Crippen LogP contribution in [-0.2, 0) is 28.6 Å². The molecule has 0 heterocycles. The summed E-state index contributed by atoms with van der Waals surface area (Å²) in [5, 5.41) is 0. The summed E-state index contributed by atoms with van der Waals surface area (Å²) in [7, 11) is 0. The van der Waals surface area contributed by atoms with Gasteiger partial charge in [-0.2, -0.15) is 0 Å². The summed E-state index contributed by atoms with van der Waals surface area (Å²) >= 11 is 0. The normalized spacial score (nSPS) is 12.1. The van der Waals surface area contributed by atoms with E-state index in [0.717, 1.165) is 77.0 Å². The fraction of sp³-hybridized carbons (Fsp3) is 0.841. The highest BCUT2D eigenvalue weighted by atomic mass is 16.6. The number of ether oxygens (including phenoxy) is 3.